The summed E-state index contributed by atoms with van der Waals surface area (Å²) in [6.45, 7) is 5.51. The molecule has 1 unspecified atom stereocenters. The Balaban J connectivity index is 1.95. The molecule has 152 valence electrons. The lowest BCUT2D eigenvalue weighted by atomic mass is 10.1. The zero-order valence-corrected chi connectivity index (χ0v) is 16.5. The van der Waals surface area contributed by atoms with Gasteiger partial charge < -0.3 is 14.4 Å². The Labute approximate surface area is 168 Å². The number of benzene rings is 2. The van der Waals surface area contributed by atoms with Crippen LogP contribution in [-0.2, 0) is 16.1 Å². The number of nitro groups is 1. The highest BCUT2D eigenvalue weighted by Gasteiger charge is 2.34. The van der Waals surface area contributed by atoms with E-state index < -0.39 is 17.0 Å². The van der Waals surface area contributed by atoms with E-state index in [0.29, 0.717) is 29.0 Å². The first-order chi connectivity index (χ1) is 13.8. The van der Waals surface area contributed by atoms with Gasteiger partial charge in [0.15, 0.2) is 6.10 Å². The van der Waals surface area contributed by atoms with Crippen molar-refractivity contribution in [2.75, 3.05) is 4.90 Å². The summed E-state index contributed by atoms with van der Waals surface area (Å²) in [5.41, 5.74) is 1.28. The van der Waals surface area contributed by atoms with E-state index in [4.69, 9.17) is 9.47 Å². The number of esters is 1. The molecule has 0 aromatic heterocycles. The van der Waals surface area contributed by atoms with Crippen LogP contribution in [0, 0.1) is 10.1 Å². The number of nitro benzene ring substituents is 1. The van der Waals surface area contributed by atoms with Crippen LogP contribution in [0.5, 0.6) is 5.75 Å². The summed E-state index contributed by atoms with van der Waals surface area (Å²) in [5, 5.41) is 11.2. The molecule has 0 saturated heterocycles. The van der Waals surface area contributed by atoms with Crippen molar-refractivity contribution in [2.45, 2.75) is 45.9 Å². The van der Waals surface area contributed by atoms with Gasteiger partial charge in [0.1, 0.15) is 5.75 Å². The highest BCUT2D eigenvalue weighted by molar-refractivity contribution is 6.00. The topological polar surface area (TPSA) is 99.0 Å². The Kier molecular flexibility index (Phi) is 5.81. The summed E-state index contributed by atoms with van der Waals surface area (Å²) in [6.07, 6.45) is -0.449. The van der Waals surface area contributed by atoms with Crippen LogP contribution in [0.2, 0.25) is 0 Å². The molecule has 0 radical (unpaired) electrons. The number of anilines is 1. The Morgan fingerprint density at radius 2 is 2.03 bits per heavy atom. The van der Waals surface area contributed by atoms with Crippen LogP contribution >= 0.6 is 0 Å². The maximum absolute atomic E-state index is 12.9. The van der Waals surface area contributed by atoms with E-state index in [9.17, 15) is 19.7 Å². The Bertz CT molecular complexity index is 956. The number of rotatable bonds is 6. The molecule has 8 nitrogen and oxygen atoms in total. The first-order valence-electron chi connectivity index (χ1n) is 9.36. The van der Waals surface area contributed by atoms with E-state index in [-0.39, 0.29) is 24.2 Å². The zero-order chi connectivity index (χ0) is 21.1. The molecule has 1 heterocycles. The van der Waals surface area contributed by atoms with Gasteiger partial charge in [0.25, 0.3) is 11.6 Å². The molecule has 0 bridgehead atoms. The van der Waals surface area contributed by atoms with Gasteiger partial charge in [-0.15, -0.1) is 0 Å². The minimum Gasteiger partial charge on any atom is -0.478 e. The van der Waals surface area contributed by atoms with Gasteiger partial charge in [-0.2, -0.15) is 0 Å². The van der Waals surface area contributed by atoms with Crippen LogP contribution in [0.4, 0.5) is 11.4 Å². The van der Waals surface area contributed by atoms with Crippen LogP contribution in [0.25, 0.3) is 0 Å². The summed E-state index contributed by atoms with van der Waals surface area (Å²) < 4.78 is 10.9. The molecule has 2 aromatic rings. The number of amides is 1. The van der Waals surface area contributed by atoms with Crippen LogP contribution in [0.3, 0.4) is 0 Å². The van der Waals surface area contributed by atoms with E-state index in [1.165, 1.54) is 23.1 Å². The third-order valence-electron chi connectivity index (χ3n) is 4.47. The van der Waals surface area contributed by atoms with Crippen molar-refractivity contribution in [3.8, 4) is 5.75 Å². The van der Waals surface area contributed by atoms with Gasteiger partial charge in [0.2, 0.25) is 0 Å². The summed E-state index contributed by atoms with van der Waals surface area (Å²) in [4.78, 5) is 37.2. The van der Waals surface area contributed by atoms with Crippen molar-refractivity contribution in [1.82, 2.24) is 0 Å². The SMILES string of the molecule is CCC1Oc2ccc([N+](=O)[O-])cc2N(Cc2cccc(C(=O)OC(C)C)c2)C1=O. The second kappa shape index (κ2) is 8.30. The molecule has 2 aromatic carbocycles. The van der Waals surface area contributed by atoms with E-state index >= 15 is 0 Å². The molecule has 0 aliphatic carbocycles. The van der Waals surface area contributed by atoms with Gasteiger partial charge in [-0.1, -0.05) is 19.1 Å². The summed E-state index contributed by atoms with van der Waals surface area (Å²) in [7, 11) is 0. The van der Waals surface area contributed by atoms with Gasteiger partial charge in [0.05, 0.1) is 28.8 Å². The normalized spacial score (nSPS) is 15.7. The van der Waals surface area contributed by atoms with Crippen LogP contribution in [-0.4, -0.2) is 29.0 Å². The smallest absolute Gasteiger partial charge is 0.338 e. The molecule has 3 rings (SSSR count). The fourth-order valence-electron chi connectivity index (χ4n) is 3.11. The van der Waals surface area contributed by atoms with Crippen LogP contribution < -0.4 is 9.64 Å². The average Bonchev–Trinajstić information content (AvgIpc) is 2.69. The largest absolute Gasteiger partial charge is 0.478 e. The quantitative estimate of drug-likeness (QED) is 0.416. The van der Waals surface area contributed by atoms with Crippen molar-refractivity contribution in [3.05, 3.63) is 63.7 Å². The number of carbonyl (C=O) groups excluding carboxylic acids is 2. The van der Waals surface area contributed by atoms with Crippen LogP contribution in [0.1, 0.15) is 43.1 Å². The Hall–Kier alpha value is -3.42. The average molecular weight is 398 g/mol. The molecule has 0 fully saturated rings. The number of non-ortho nitro benzene ring substituents is 1. The molecular formula is C21H22N2O6. The van der Waals surface area contributed by atoms with Crippen molar-refractivity contribution in [1.29, 1.82) is 0 Å². The minimum atomic E-state index is -0.668. The molecule has 0 spiro atoms. The van der Waals surface area contributed by atoms with Gasteiger partial charge in [-0.25, -0.2) is 4.79 Å². The maximum Gasteiger partial charge on any atom is 0.338 e. The molecule has 29 heavy (non-hydrogen) atoms. The predicted molar refractivity (Wildman–Crippen MR) is 106 cm³/mol. The zero-order valence-electron chi connectivity index (χ0n) is 16.5. The number of hydrogen-bond donors (Lipinski definition) is 0. The fraction of sp³-hybridized carbons (Fsp3) is 0.333. The summed E-state index contributed by atoms with van der Waals surface area (Å²) in [6, 6.07) is 11.0. The lowest BCUT2D eigenvalue weighted by molar-refractivity contribution is -0.384. The van der Waals surface area contributed by atoms with Gasteiger partial charge in [-0.05, 0) is 44.0 Å². The Morgan fingerprint density at radius 1 is 1.28 bits per heavy atom. The summed E-state index contributed by atoms with van der Waals surface area (Å²) >= 11 is 0. The van der Waals surface area contributed by atoms with Gasteiger partial charge in [0, 0.05) is 12.1 Å². The number of nitrogens with zero attached hydrogens (tertiary/aromatic N) is 2. The van der Waals surface area contributed by atoms with Gasteiger partial charge in [-0.3, -0.25) is 14.9 Å². The van der Waals surface area contributed by atoms with E-state index in [0.717, 1.165) is 0 Å². The number of ether oxygens (including phenoxy) is 2. The Morgan fingerprint density at radius 3 is 2.69 bits per heavy atom. The molecule has 1 aliphatic heterocycles. The van der Waals surface area contributed by atoms with E-state index in [2.05, 4.69) is 0 Å². The standard InChI is InChI=1S/C21H22N2O6/c1-4-18-20(24)22(17-11-16(23(26)27)8-9-19(17)29-18)12-14-6-5-7-15(10-14)21(25)28-13(2)3/h5-11,13,18H,4,12H2,1-3H3. The lowest BCUT2D eigenvalue weighted by Crippen LogP contribution is -2.45. The fourth-order valence-corrected chi connectivity index (χ4v) is 3.11. The molecule has 0 saturated carbocycles. The summed E-state index contributed by atoms with van der Waals surface area (Å²) in [5.74, 6) is -0.314. The van der Waals surface area contributed by atoms with Gasteiger partial charge >= 0.3 is 5.97 Å². The molecule has 1 amide bonds. The van der Waals surface area contributed by atoms with Crippen molar-refractivity contribution >= 4 is 23.3 Å². The van der Waals surface area contributed by atoms with E-state index in [1.54, 1.807) is 38.1 Å². The predicted octanol–water partition coefficient (Wildman–Crippen LogP) is 3.86. The second-order valence-electron chi connectivity index (χ2n) is 7.00. The monoisotopic (exact) mass is 398 g/mol. The third kappa shape index (κ3) is 4.37. The molecular weight excluding hydrogens is 376 g/mol. The molecule has 8 heteroatoms. The number of hydrogen-bond acceptors (Lipinski definition) is 6. The minimum absolute atomic E-state index is 0.130. The highest BCUT2D eigenvalue weighted by atomic mass is 16.6. The van der Waals surface area contributed by atoms with Crippen molar-refractivity contribution in [2.24, 2.45) is 0 Å². The van der Waals surface area contributed by atoms with Crippen molar-refractivity contribution < 1.29 is 24.0 Å². The molecule has 1 atom stereocenters. The first kappa shape index (κ1) is 20.3. The third-order valence-corrected chi connectivity index (χ3v) is 4.47. The molecule has 1 aliphatic rings. The highest BCUT2D eigenvalue weighted by Crippen LogP contribution is 2.38. The number of carbonyl (C=O) groups is 2. The maximum atomic E-state index is 12.9. The number of fused-ring (bicyclic) bond motifs is 1. The first-order valence-corrected chi connectivity index (χ1v) is 9.36. The molecule has 0 N–H and O–H groups in total. The van der Waals surface area contributed by atoms with Crippen LogP contribution in [0.15, 0.2) is 42.5 Å². The van der Waals surface area contributed by atoms with Crippen molar-refractivity contribution in [3.63, 3.8) is 0 Å². The lowest BCUT2D eigenvalue weighted by Gasteiger charge is -2.34. The van der Waals surface area contributed by atoms with E-state index in [1.807, 2.05) is 6.92 Å². The second-order valence-corrected chi connectivity index (χ2v) is 7.00.